The molecule has 1 aliphatic rings. The number of amides is 2. The van der Waals surface area contributed by atoms with E-state index in [9.17, 15) is 14.4 Å². The third kappa shape index (κ3) is 4.07. The first-order chi connectivity index (χ1) is 12.0. The number of carboxylic acid groups (broad SMARTS) is 1. The van der Waals surface area contributed by atoms with Gasteiger partial charge in [0.1, 0.15) is 17.9 Å². The van der Waals surface area contributed by atoms with Crippen LogP contribution in [0.4, 0.5) is 5.69 Å². The summed E-state index contributed by atoms with van der Waals surface area (Å²) in [5, 5.41) is 11.6. The number of nitrogens with zero attached hydrogens (tertiary/aromatic N) is 2. The van der Waals surface area contributed by atoms with Gasteiger partial charge in [-0.25, -0.2) is 4.79 Å². The molecule has 0 fully saturated rings. The van der Waals surface area contributed by atoms with E-state index in [1.54, 1.807) is 32.3 Å². The van der Waals surface area contributed by atoms with Crippen LogP contribution in [0.3, 0.4) is 0 Å². The minimum atomic E-state index is -1.34. The molecule has 2 N–H and O–H groups in total. The number of hydrogen-bond acceptors (Lipinski definition) is 5. The number of likely N-dealkylation sites (N-methyl/N-ethyl adjacent to an activating group) is 1. The zero-order valence-electron chi connectivity index (χ0n) is 15.7. The second-order valence-electron chi connectivity index (χ2n) is 7.14. The van der Waals surface area contributed by atoms with Crippen molar-refractivity contribution >= 4 is 23.5 Å². The normalized spacial score (nSPS) is 16.3. The van der Waals surface area contributed by atoms with E-state index in [4.69, 9.17) is 9.84 Å². The first-order valence-corrected chi connectivity index (χ1v) is 8.28. The van der Waals surface area contributed by atoms with Crippen LogP contribution in [-0.2, 0) is 9.59 Å². The Bertz CT molecular complexity index is 730. The lowest BCUT2D eigenvalue weighted by atomic mass is 10.0. The van der Waals surface area contributed by atoms with Gasteiger partial charge in [-0.3, -0.25) is 9.59 Å². The summed E-state index contributed by atoms with van der Waals surface area (Å²) in [7, 11) is 5.18. The van der Waals surface area contributed by atoms with Crippen LogP contribution >= 0.6 is 0 Å². The van der Waals surface area contributed by atoms with Gasteiger partial charge in [-0.2, -0.15) is 0 Å². The van der Waals surface area contributed by atoms with Gasteiger partial charge < -0.3 is 25.0 Å². The maximum atomic E-state index is 12.2. The summed E-state index contributed by atoms with van der Waals surface area (Å²) in [6.07, 6.45) is 0.0818. The zero-order valence-corrected chi connectivity index (χ0v) is 15.7. The number of nitrogens with one attached hydrogen (secondary N) is 1. The molecule has 0 bridgehead atoms. The van der Waals surface area contributed by atoms with E-state index < -0.39 is 11.5 Å². The summed E-state index contributed by atoms with van der Waals surface area (Å²) >= 11 is 0. The van der Waals surface area contributed by atoms with Crippen molar-refractivity contribution < 1.29 is 24.2 Å². The van der Waals surface area contributed by atoms with Crippen LogP contribution in [0.2, 0.25) is 0 Å². The van der Waals surface area contributed by atoms with E-state index in [2.05, 4.69) is 5.32 Å². The summed E-state index contributed by atoms with van der Waals surface area (Å²) in [6.45, 7) is 3.16. The highest BCUT2D eigenvalue weighted by Crippen LogP contribution is 2.34. The molecule has 2 amide bonds. The van der Waals surface area contributed by atoms with Crippen molar-refractivity contribution in [1.29, 1.82) is 0 Å². The number of ether oxygens (including phenoxy) is 1. The summed E-state index contributed by atoms with van der Waals surface area (Å²) in [5.74, 6) is -0.951. The number of carbonyl (C=O) groups is 3. The van der Waals surface area contributed by atoms with Crippen LogP contribution in [-0.4, -0.2) is 67.1 Å². The fourth-order valence-electron chi connectivity index (χ4n) is 2.66. The predicted octanol–water partition coefficient (Wildman–Crippen LogP) is 0.955. The molecular weight excluding hydrogens is 338 g/mol. The Labute approximate surface area is 152 Å². The topological polar surface area (TPSA) is 99.2 Å². The Kier molecular flexibility index (Phi) is 5.44. The molecule has 1 heterocycles. The number of fused-ring (bicyclic) bond motifs is 1. The van der Waals surface area contributed by atoms with Crippen molar-refractivity contribution in [2.24, 2.45) is 0 Å². The average Bonchev–Trinajstić information content (AvgIpc) is 2.55. The number of hydrogen-bond donors (Lipinski definition) is 2. The molecule has 8 heteroatoms. The van der Waals surface area contributed by atoms with Gasteiger partial charge in [0.05, 0.1) is 18.2 Å². The van der Waals surface area contributed by atoms with Gasteiger partial charge in [0.15, 0.2) is 0 Å². The molecule has 0 aliphatic carbocycles. The van der Waals surface area contributed by atoms with Gasteiger partial charge in [-0.15, -0.1) is 0 Å². The largest absolute Gasteiger partial charge is 0.489 e. The van der Waals surface area contributed by atoms with E-state index in [0.717, 1.165) is 5.69 Å². The van der Waals surface area contributed by atoms with Crippen LogP contribution in [0.25, 0.3) is 0 Å². The van der Waals surface area contributed by atoms with Crippen molar-refractivity contribution in [3.8, 4) is 5.75 Å². The van der Waals surface area contributed by atoms with E-state index in [-0.39, 0.29) is 24.3 Å². The lowest BCUT2D eigenvalue weighted by Crippen LogP contribution is -2.52. The van der Waals surface area contributed by atoms with E-state index >= 15 is 0 Å². The Morgan fingerprint density at radius 3 is 2.58 bits per heavy atom. The van der Waals surface area contributed by atoms with Gasteiger partial charge in [-0.1, -0.05) is 0 Å². The maximum absolute atomic E-state index is 12.2. The number of carboxylic acids is 1. The van der Waals surface area contributed by atoms with Gasteiger partial charge in [-0.05, 0) is 32.0 Å². The SMILES string of the molecule is CN(C)C(=O)c1ccc2c(c1)N(C)[C@H](CC(=O)NC(C)(C)C(=O)O)CO2. The quantitative estimate of drug-likeness (QED) is 0.808. The Balaban J connectivity index is 2.14. The van der Waals surface area contributed by atoms with Crippen LogP contribution in [0.5, 0.6) is 5.75 Å². The molecule has 0 saturated carbocycles. The van der Waals surface area contributed by atoms with Gasteiger partial charge in [0.2, 0.25) is 5.91 Å². The molecule has 26 heavy (non-hydrogen) atoms. The Morgan fingerprint density at radius 2 is 2.00 bits per heavy atom. The van der Waals surface area contributed by atoms with E-state index in [1.165, 1.54) is 18.7 Å². The molecule has 0 spiro atoms. The number of carbonyl (C=O) groups excluding carboxylic acids is 2. The first kappa shape index (κ1) is 19.6. The minimum absolute atomic E-state index is 0.0818. The average molecular weight is 363 g/mol. The third-order valence-electron chi connectivity index (χ3n) is 4.38. The predicted molar refractivity (Wildman–Crippen MR) is 96.6 cm³/mol. The molecule has 0 saturated heterocycles. The molecule has 1 aromatic carbocycles. The summed E-state index contributed by atoms with van der Waals surface area (Å²) in [4.78, 5) is 38.9. The fourth-order valence-corrected chi connectivity index (χ4v) is 2.66. The van der Waals surface area contributed by atoms with Gasteiger partial charge in [0, 0.05) is 26.7 Å². The fraction of sp³-hybridized carbons (Fsp3) is 0.500. The maximum Gasteiger partial charge on any atom is 0.328 e. The van der Waals surface area contributed by atoms with Gasteiger partial charge in [0.25, 0.3) is 5.91 Å². The molecule has 0 unspecified atom stereocenters. The van der Waals surface area contributed by atoms with Crippen LogP contribution in [0.15, 0.2) is 18.2 Å². The highest BCUT2D eigenvalue weighted by Gasteiger charge is 2.32. The highest BCUT2D eigenvalue weighted by molar-refractivity contribution is 5.95. The van der Waals surface area contributed by atoms with E-state index in [0.29, 0.717) is 17.9 Å². The molecule has 142 valence electrons. The van der Waals surface area contributed by atoms with Crippen molar-refractivity contribution in [2.45, 2.75) is 31.8 Å². The van der Waals surface area contributed by atoms with Gasteiger partial charge >= 0.3 is 5.97 Å². The lowest BCUT2D eigenvalue weighted by Gasteiger charge is -2.36. The second kappa shape index (κ2) is 7.23. The van der Waals surface area contributed by atoms with Crippen LogP contribution < -0.4 is 15.0 Å². The first-order valence-electron chi connectivity index (χ1n) is 8.28. The molecule has 1 atom stereocenters. The van der Waals surface area contributed by atoms with Crippen molar-refractivity contribution in [3.63, 3.8) is 0 Å². The molecular formula is C18H25N3O5. The Morgan fingerprint density at radius 1 is 1.35 bits per heavy atom. The highest BCUT2D eigenvalue weighted by atomic mass is 16.5. The third-order valence-corrected chi connectivity index (χ3v) is 4.38. The lowest BCUT2D eigenvalue weighted by molar-refractivity contribution is -0.146. The van der Waals surface area contributed by atoms with Crippen molar-refractivity contribution in [3.05, 3.63) is 23.8 Å². The van der Waals surface area contributed by atoms with Crippen molar-refractivity contribution in [1.82, 2.24) is 10.2 Å². The molecule has 1 aliphatic heterocycles. The zero-order chi connectivity index (χ0) is 19.6. The monoisotopic (exact) mass is 363 g/mol. The summed E-state index contributed by atoms with van der Waals surface area (Å²) < 4.78 is 5.72. The Hall–Kier alpha value is -2.77. The molecule has 0 aromatic heterocycles. The van der Waals surface area contributed by atoms with Crippen molar-refractivity contribution in [2.75, 3.05) is 32.6 Å². The van der Waals surface area contributed by atoms with E-state index in [1.807, 2.05) is 11.9 Å². The molecule has 1 aromatic rings. The summed E-state index contributed by atoms with van der Waals surface area (Å²) in [6, 6.07) is 4.92. The number of anilines is 1. The van der Waals surface area contributed by atoms with Crippen LogP contribution in [0, 0.1) is 0 Å². The summed E-state index contributed by atoms with van der Waals surface area (Å²) in [5.41, 5.74) is -0.0884. The smallest absolute Gasteiger partial charge is 0.328 e. The molecule has 2 rings (SSSR count). The molecule has 0 radical (unpaired) electrons. The number of rotatable bonds is 5. The minimum Gasteiger partial charge on any atom is -0.489 e. The standard InChI is InChI=1S/C18H25N3O5/c1-18(2,17(24)25)19-15(22)9-12-10-26-14-7-6-11(16(23)20(3)4)8-13(14)21(12)5/h6-8,12H,9-10H2,1-5H3,(H,19,22)(H,24,25)/t12-/m1/s1. The van der Waals surface area contributed by atoms with Crippen LogP contribution in [0.1, 0.15) is 30.6 Å². The molecule has 8 nitrogen and oxygen atoms in total. The second-order valence-corrected chi connectivity index (χ2v) is 7.14. The number of aliphatic carboxylic acids is 1. The number of benzene rings is 1.